The third kappa shape index (κ3) is 4.53. The van der Waals surface area contributed by atoms with Crippen LogP contribution in [0.15, 0.2) is 71.8 Å². The van der Waals surface area contributed by atoms with Crippen molar-refractivity contribution in [3.8, 4) is 17.6 Å². The van der Waals surface area contributed by atoms with Gasteiger partial charge in [-0.3, -0.25) is 9.71 Å². The third-order valence-corrected chi connectivity index (χ3v) is 6.41. The number of nitrogens with zero attached hydrogens (tertiary/aromatic N) is 2. The number of rotatable bonds is 5. The molecule has 2 aromatic carbocycles. The van der Waals surface area contributed by atoms with E-state index >= 15 is 0 Å². The Bertz CT molecular complexity index is 1590. The van der Waals surface area contributed by atoms with Crippen LogP contribution in [0.4, 0.5) is 5.69 Å². The lowest BCUT2D eigenvalue weighted by Gasteiger charge is -2.13. The highest BCUT2D eigenvalue weighted by Gasteiger charge is 2.21. The van der Waals surface area contributed by atoms with Crippen molar-refractivity contribution in [1.29, 1.82) is 0 Å². The Morgan fingerprint density at radius 3 is 2.50 bits per heavy atom. The van der Waals surface area contributed by atoms with Crippen LogP contribution in [0.5, 0.6) is 5.75 Å². The number of aryl methyl sites for hydroxylation is 1. The summed E-state index contributed by atoms with van der Waals surface area (Å²) >= 11 is 0. The largest absolute Gasteiger partial charge is 0.496 e. The van der Waals surface area contributed by atoms with Gasteiger partial charge in [0.25, 0.3) is 10.0 Å². The van der Waals surface area contributed by atoms with Gasteiger partial charge in [0.1, 0.15) is 16.3 Å². The summed E-state index contributed by atoms with van der Waals surface area (Å²) in [5.74, 6) is 5.28. The molecule has 0 spiro atoms. The molecule has 4 rings (SSSR count). The highest BCUT2D eigenvalue weighted by Crippen LogP contribution is 2.30. The number of carboxylic acid groups (broad SMARTS) is 1. The minimum Gasteiger partial charge on any atom is -0.496 e. The number of hydrogen-bond acceptors (Lipinski definition) is 6. The molecule has 2 N–H and O–H groups in total. The first-order valence-corrected chi connectivity index (χ1v) is 11.5. The molecular formula is C25H19N3O5S. The minimum atomic E-state index is -4.01. The Hall–Kier alpha value is -4.42. The molecule has 2 aromatic heterocycles. The lowest BCUT2D eigenvalue weighted by Crippen LogP contribution is -2.14. The summed E-state index contributed by atoms with van der Waals surface area (Å²) in [7, 11) is -2.50. The van der Waals surface area contributed by atoms with E-state index < -0.39 is 16.0 Å². The van der Waals surface area contributed by atoms with Crippen LogP contribution < -0.4 is 9.46 Å². The van der Waals surface area contributed by atoms with E-state index in [1.165, 1.54) is 25.4 Å². The topological polar surface area (TPSA) is 118 Å². The molecule has 34 heavy (non-hydrogen) atoms. The summed E-state index contributed by atoms with van der Waals surface area (Å²) in [4.78, 5) is 19.4. The molecule has 0 atom stereocenters. The van der Waals surface area contributed by atoms with E-state index in [1.54, 1.807) is 55.5 Å². The molecule has 8 nitrogen and oxygen atoms in total. The van der Waals surface area contributed by atoms with Crippen molar-refractivity contribution in [3.63, 3.8) is 0 Å². The maximum atomic E-state index is 13.3. The highest BCUT2D eigenvalue weighted by atomic mass is 32.2. The van der Waals surface area contributed by atoms with Crippen molar-refractivity contribution in [2.24, 2.45) is 0 Å². The Morgan fingerprint density at radius 2 is 1.76 bits per heavy atom. The van der Waals surface area contributed by atoms with Gasteiger partial charge in [0.15, 0.2) is 0 Å². The third-order valence-electron chi connectivity index (χ3n) is 5.01. The predicted molar refractivity (Wildman–Crippen MR) is 127 cm³/mol. The number of nitrogens with one attached hydrogen (secondary N) is 1. The molecule has 0 unspecified atom stereocenters. The second-order valence-electron chi connectivity index (χ2n) is 7.20. The molecule has 0 fully saturated rings. The molecule has 0 saturated carbocycles. The van der Waals surface area contributed by atoms with E-state index in [-0.39, 0.29) is 16.1 Å². The average Bonchev–Trinajstić information content (AvgIpc) is 2.83. The van der Waals surface area contributed by atoms with Crippen LogP contribution in [0.2, 0.25) is 0 Å². The zero-order chi connectivity index (χ0) is 24.3. The normalized spacial score (nSPS) is 10.9. The summed E-state index contributed by atoms with van der Waals surface area (Å²) in [5, 5.41) is 9.64. The average molecular weight is 474 g/mol. The standard InChI is InChI=1S/C25H19N3O5S/c1-16-17(11-12-21(27-16)25(29)30)9-10-18-6-3-4-8-20(18)28-34(31,32)23-14-13-22(33-2)19-7-5-15-26-24(19)23/h3-8,11-15,28H,1-2H3,(H,29,30). The van der Waals surface area contributed by atoms with Gasteiger partial charge in [-0.25, -0.2) is 18.2 Å². The van der Waals surface area contributed by atoms with Crippen LogP contribution in [0, 0.1) is 18.8 Å². The predicted octanol–water partition coefficient (Wildman–Crippen LogP) is 3.85. The highest BCUT2D eigenvalue weighted by molar-refractivity contribution is 7.93. The molecule has 0 radical (unpaired) electrons. The van der Waals surface area contributed by atoms with Crippen molar-refractivity contribution in [1.82, 2.24) is 9.97 Å². The number of pyridine rings is 2. The fourth-order valence-corrected chi connectivity index (χ4v) is 4.59. The van der Waals surface area contributed by atoms with E-state index in [0.717, 1.165) is 0 Å². The molecule has 4 aromatic rings. The SMILES string of the molecule is COc1ccc(S(=O)(=O)Nc2ccccc2C#Cc2ccc(C(=O)O)nc2C)c2ncccc12. The van der Waals surface area contributed by atoms with Crippen LogP contribution in [-0.2, 0) is 10.0 Å². The first-order chi connectivity index (χ1) is 16.3. The summed E-state index contributed by atoms with van der Waals surface area (Å²) in [6.07, 6.45) is 1.52. The van der Waals surface area contributed by atoms with Gasteiger partial charge in [-0.15, -0.1) is 0 Å². The van der Waals surface area contributed by atoms with Gasteiger partial charge in [-0.05, 0) is 55.5 Å². The first-order valence-electron chi connectivity index (χ1n) is 10.1. The van der Waals surface area contributed by atoms with Crippen molar-refractivity contribution in [3.05, 3.63) is 89.4 Å². The molecule has 0 aliphatic carbocycles. The van der Waals surface area contributed by atoms with Gasteiger partial charge >= 0.3 is 5.97 Å². The molecule has 0 saturated heterocycles. The quantitative estimate of drug-likeness (QED) is 0.423. The fourth-order valence-electron chi connectivity index (χ4n) is 3.34. The first kappa shape index (κ1) is 22.8. The van der Waals surface area contributed by atoms with Gasteiger partial charge < -0.3 is 9.84 Å². The minimum absolute atomic E-state index is 0.0102. The van der Waals surface area contributed by atoms with E-state index in [9.17, 15) is 13.2 Å². The molecule has 0 bridgehead atoms. The Morgan fingerprint density at radius 1 is 1.00 bits per heavy atom. The van der Waals surface area contributed by atoms with E-state index in [1.807, 2.05) is 0 Å². The van der Waals surface area contributed by atoms with Crippen molar-refractivity contribution < 1.29 is 23.1 Å². The zero-order valence-electron chi connectivity index (χ0n) is 18.2. The van der Waals surface area contributed by atoms with E-state index in [0.29, 0.717) is 33.6 Å². The smallest absolute Gasteiger partial charge is 0.354 e. The number of fused-ring (bicyclic) bond motifs is 1. The molecule has 9 heteroatoms. The maximum absolute atomic E-state index is 13.3. The van der Waals surface area contributed by atoms with Gasteiger partial charge in [0.05, 0.1) is 24.0 Å². The van der Waals surface area contributed by atoms with E-state index in [4.69, 9.17) is 9.84 Å². The zero-order valence-corrected chi connectivity index (χ0v) is 19.1. The summed E-state index contributed by atoms with van der Waals surface area (Å²) in [6, 6.07) is 16.2. The van der Waals surface area contributed by atoms with Gasteiger partial charge in [0.2, 0.25) is 0 Å². The van der Waals surface area contributed by atoms with Crippen LogP contribution in [0.25, 0.3) is 10.9 Å². The van der Waals surface area contributed by atoms with Crippen molar-refractivity contribution >= 4 is 32.6 Å². The number of carbonyl (C=O) groups is 1. The van der Waals surface area contributed by atoms with Crippen molar-refractivity contribution in [2.75, 3.05) is 11.8 Å². The molecule has 0 aliphatic rings. The number of aromatic carboxylic acids is 1. The van der Waals surface area contributed by atoms with Crippen LogP contribution >= 0.6 is 0 Å². The molecule has 2 heterocycles. The van der Waals surface area contributed by atoms with Crippen LogP contribution in [0.3, 0.4) is 0 Å². The summed E-state index contributed by atoms with van der Waals surface area (Å²) < 4.78 is 34.5. The van der Waals surface area contributed by atoms with Gasteiger partial charge in [-0.1, -0.05) is 24.0 Å². The van der Waals surface area contributed by atoms with Crippen LogP contribution in [-0.4, -0.2) is 36.6 Å². The fraction of sp³-hybridized carbons (Fsp3) is 0.0800. The number of carboxylic acids is 1. The monoisotopic (exact) mass is 473 g/mol. The van der Waals surface area contributed by atoms with Gasteiger partial charge in [-0.2, -0.15) is 0 Å². The Kier molecular flexibility index (Phi) is 6.17. The second-order valence-corrected chi connectivity index (χ2v) is 8.85. The number of sulfonamides is 1. The molecule has 170 valence electrons. The number of aromatic nitrogens is 2. The van der Waals surface area contributed by atoms with Gasteiger partial charge in [0, 0.05) is 22.7 Å². The Labute approximate surface area is 196 Å². The number of methoxy groups -OCH3 is 1. The number of para-hydroxylation sites is 1. The molecular weight excluding hydrogens is 454 g/mol. The lowest BCUT2D eigenvalue weighted by atomic mass is 10.1. The van der Waals surface area contributed by atoms with Crippen molar-refractivity contribution in [2.45, 2.75) is 11.8 Å². The van der Waals surface area contributed by atoms with Crippen LogP contribution in [0.1, 0.15) is 27.3 Å². The maximum Gasteiger partial charge on any atom is 0.354 e. The number of anilines is 1. The molecule has 0 amide bonds. The van der Waals surface area contributed by atoms with E-state index in [2.05, 4.69) is 26.5 Å². The number of benzene rings is 2. The number of ether oxygens (including phenoxy) is 1. The Balaban J connectivity index is 1.71. The second kappa shape index (κ2) is 9.21. The summed E-state index contributed by atoms with van der Waals surface area (Å²) in [5.41, 5.74) is 1.95. The molecule has 0 aliphatic heterocycles. The summed E-state index contributed by atoms with van der Waals surface area (Å²) in [6.45, 7) is 1.66. The number of hydrogen-bond donors (Lipinski definition) is 2. The lowest BCUT2D eigenvalue weighted by molar-refractivity contribution is 0.0690.